The molecule has 2 radical (unpaired) electrons. The van der Waals surface area contributed by atoms with Gasteiger partial charge in [-0.25, -0.2) is 0 Å². The van der Waals surface area contributed by atoms with Crippen LogP contribution in [0.2, 0.25) is 18.1 Å². The second-order valence-corrected chi connectivity index (χ2v) is 29.7. The van der Waals surface area contributed by atoms with Crippen molar-refractivity contribution in [2.24, 2.45) is 27.1 Å². The van der Waals surface area contributed by atoms with Gasteiger partial charge in [-0.3, -0.25) is 10.1 Å². The Morgan fingerprint density at radius 2 is 0.733 bits per heavy atom. The molecule has 4 aromatic rings. The molecule has 0 bridgehead atoms. The first-order valence-electron chi connectivity index (χ1n) is 31.2. The zero-order valence-electron chi connectivity index (χ0n) is 60.8. The predicted octanol–water partition coefficient (Wildman–Crippen LogP) is 27.7. The van der Waals surface area contributed by atoms with Crippen LogP contribution in [0.15, 0.2) is 103 Å². The number of benzene rings is 4. The minimum Gasteiger partial charge on any atom is -0.335 e. The van der Waals surface area contributed by atoms with E-state index in [-0.39, 0.29) is 174 Å². The summed E-state index contributed by atoms with van der Waals surface area (Å²) >= 11 is 5.72. The molecule has 490 valence electrons. The number of nitro groups is 1. The number of hydrogen-bond acceptors (Lipinski definition) is 2. The van der Waals surface area contributed by atoms with E-state index < -0.39 is 0 Å². The maximum atomic E-state index is 10.3. The number of rotatable bonds is 7. The average Bonchev–Trinajstić information content (AvgIpc) is 3.79. The molecule has 0 heterocycles. The third kappa shape index (κ3) is 80.3. The first-order chi connectivity index (χ1) is 36.7. The van der Waals surface area contributed by atoms with Gasteiger partial charge in [-0.2, -0.15) is 13.8 Å². The SMILES string of the molecule is C.CC(C)(C)C.CC(C)c1ccc(Cl)cc1.CC(C)c1ccc([N+](=O)[O-])cc1.CC(C)c1ccccc1.CC1(C)CCCC1.CC1(C)CCCCC1.CCC(C)(C)C.CCC(C)(C)CC.C[CH-]C.C[Si]C.Cc1ccc(C(C)C)cc1.[U].[U].[U].[U].[U]. The zero-order valence-corrected chi connectivity index (χ0v) is 83.4. The van der Waals surface area contributed by atoms with E-state index in [1.807, 2.05) is 38.5 Å². The summed E-state index contributed by atoms with van der Waals surface area (Å²) < 4.78 is 0. The smallest absolute Gasteiger partial charge is 0.269 e. The maximum Gasteiger partial charge on any atom is 0.269 e. The van der Waals surface area contributed by atoms with E-state index in [4.69, 9.17) is 11.6 Å². The molecule has 2 saturated carbocycles. The van der Waals surface area contributed by atoms with Gasteiger partial charge in [0.05, 0.1) is 4.92 Å². The van der Waals surface area contributed by atoms with Crippen molar-refractivity contribution >= 4 is 26.8 Å². The Morgan fingerprint density at radius 3 is 0.907 bits per heavy atom. The summed E-state index contributed by atoms with van der Waals surface area (Å²) in [6.45, 7) is 64.0. The average molecular weight is 2350 g/mol. The topological polar surface area (TPSA) is 43.1 Å². The van der Waals surface area contributed by atoms with Crippen LogP contribution >= 0.6 is 11.6 Å². The van der Waals surface area contributed by atoms with Crippen LogP contribution in [-0.4, -0.2) is 14.4 Å². The number of nitro benzene ring substituents is 1. The van der Waals surface area contributed by atoms with Gasteiger partial charge in [0.25, 0.3) is 5.69 Å². The Morgan fingerprint density at radius 1 is 0.500 bits per heavy atom. The van der Waals surface area contributed by atoms with E-state index in [0.717, 1.165) is 20.1 Å². The van der Waals surface area contributed by atoms with E-state index in [9.17, 15) is 10.1 Å². The molecule has 0 N–H and O–H groups in total. The third-order valence-corrected chi connectivity index (χ3v) is 13.9. The van der Waals surface area contributed by atoms with Gasteiger partial charge in [0.15, 0.2) is 0 Å². The second-order valence-electron chi connectivity index (χ2n) is 28.3. The van der Waals surface area contributed by atoms with Gasteiger partial charge >= 0.3 is 0 Å². The van der Waals surface area contributed by atoms with Gasteiger partial charge in [0.1, 0.15) is 0 Å². The molecule has 0 atom stereocenters. The van der Waals surface area contributed by atoms with Crippen molar-refractivity contribution in [3.05, 3.63) is 153 Å². The van der Waals surface area contributed by atoms with Crippen LogP contribution < -0.4 is 0 Å². The first kappa shape index (κ1) is 112. The molecule has 0 saturated heterocycles. The summed E-state index contributed by atoms with van der Waals surface area (Å²) in [7, 11) is 1.08. The van der Waals surface area contributed by atoms with E-state index >= 15 is 0 Å². The quantitative estimate of drug-likeness (QED) is 0.0801. The summed E-state index contributed by atoms with van der Waals surface area (Å²) in [6.07, 6.45) is 19.0. The number of nitrogens with zero attached hydrogens (tertiary/aromatic N) is 1. The summed E-state index contributed by atoms with van der Waals surface area (Å²) in [4.78, 5) is 9.90. The van der Waals surface area contributed by atoms with Crippen LogP contribution in [0.1, 0.15) is 316 Å². The summed E-state index contributed by atoms with van der Waals surface area (Å²) in [6, 6.07) is 33.9. The van der Waals surface area contributed by atoms with Crippen LogP contribution in [0.5, 0.6) is 0 Å². The van der Waals surface area contributed by atoms with Gasteiger partial charge in [-0.1, -0.05) is 334 Å². The van der Waals surface area contributed by atoms with Crippen molar-refractivity contribution in [3.63, 3.8) is 0 Å². The fourth-order valence-electron chi connectivity index (χ4n) is 6.71. The Balaban J connectivity index is -0.0000000808. The fraction of sp³-hybridized carbons (Fsp3) is 0.671. The minimum absolute atomic E-state index is 0. The van der Waals surface area contributed by atoms with Crippen molar-refractivity contribution in [2.45, 2.75) is 308 Å². The molecule has 0 aliphatic heterocycles. The van der Waals surface area contributed by atoms with Crippen molar-refractivity contribution in [1.29, 1.82) is 0 Å². The normalized spacial score (nSPS) is 12.7. The number of aryl methyl sites for hydroxylation is 1. The number of halogens is 1. The molecular formula is C76H137ClNO2SiU5-. The van der Waals surface area contributed by atoms with Crippen LogP contribution in [0.4, 0.5) is 5.69 Å². The standard InChI is InChI=1S/C10H14.C9H11Cl.C9H11NO2.C9H12.C8H16.C7H14.C7H16.C6H14.C5H12.C3H7.C2H6Si.CH4.5U/c1-8(2)10-6-4-9(3)5-7-10;1-7(2)8-3-5-9(10)6-4-8;1-7(2)8-3-5-9(6-4-8)10(11)12;1-8(2)9-6-4-3-5-7-9;1-8(2)6-4-3-5-7-8;1-7(2)5-3-4-6-7;1-5-7(3,4)6-2;1-5-6(2,3)4;1-5(2,3)4;2*1-3-2;;;;;;/h4-8H,1-3H3;3-7H,1-2H3;3-7H,1-2H3;3-8H,1-2H3;3-7H2,1-2H3;3-6H2,1-2H3;5-6H2,1-4H3;5H2,1-4H3;1-4H3;3H,1-2H3;1-2H3;1H4;;;;;/q;;;;;;;;;-1;;;;;;;. The summed E-state index contributed by atoms with van der Waals surface area (Å²) in [5.41, 5.74) is 9.79. The van der Waals surface area contributed by atoms with Crippen molar-refractivity contribution in [1.82, 2.24) is 0 Å². The van der Waals surface area contributed by atoms with Crippen LogP contribution in [0.25, 0.3) is 0 Å². The molecule has 0 unspecified atom stereocenters. The van der Waals surface area contributed by atoms with Gasteiger partial charge in [0, 0.05) is 182 Å². The first-order valence-corrected chi connectivity index (χ1v) is 33.6. The number of hydrogen-bond donors (Lipinski definition) is 0. The van der Waals surface area contributed by atoms with Crippen LogP contribution in [0.3, 0.4) is 0 Å². The van der Waals surface area contributed by atoms with Crippen molar-refractivity contribution < 1.29 is 160 Å². The second kappa shape index (κ2) is 65.7. The zero-order chi connectivity index (χ0) is 63.3. The molecule has 0 spiro atoms. The minimum atomic E-state index is -0.385. The van der Waals surface area contributed by atoms with Gasteiger partial charge in [0.2, 0.25) is 0 Å². The van der Waals surface area contributed by atoms with E-state index in [1.165, 1.54) is 111 Å². The third-order valence-electron chi connectivity index (χ3n) is 13.7. The molecule has 86 heavy (non-hydrogen) atoms. The Kier molecular flexibility index (Phi) is 85.9. The molecular weight excluding hydrogens is 2210 g/mol. The fourth-order valence-corrected chi connectivity index (χ4v) is 6.83. The summed E-state index contributed by atoms with van der Waals surface area (Å²) in [5.74, 6) is 2.33. The van der Waals surface area contributed by atoms with E-state index in [2.05, 4.69) is 247 Å². The van der Waals surface area contributed by atoms with Crippen molar-refractivity contribution in [3.8, 4) is 0 Å². The molecule has 2 aliphatic rings. The van der Waals surface area contributed by atoms with E-state index in [0.29, 0.717) is 50.7 Å². The summed E-state index contributed by atoms with van der Waals surface area (Å²) in [5, 5.41) is 11.1. The van der Waals surface area contributed by atoms with Crippen molar-refractivity contribution in [2.75, 3.05) is 0 Å². The molecule has 2 aliphatic carbocycles. The molecule has 4 aromatic carbocycles. The van der Waals surface area contributed by atoms with Gasteiger partial charge in [-0.15, -0.1) is 0 Å². The van der Waals surface area contributed by atoms with Crippen LogP contribution in [0, 0.1) is 206 Å². The molecule has 10 heteroatoms. The largest absolute Gasteiger partial charge is 0.335 e. The molecule has 0 aromatic heterocycles. The molecule has 6 rings (SSSR count). The van der Waals surface area contributed by atoms with Gasteiger partial charge in [-0.05, 0) is 118 Å². The Bertz CT molecular complexity index is 1910. The molecule has 2 fully saturated rings. The Labute approximate surface area is 666 Å². The van der Waals surface area contributed by atoms with E-state index in [1.54, 1.807) is 12.1 Å². The molecule has 3 nitrogen and oxygen atoms in total. The monoisotopic (exact) mass is 2350 g/mol. The maximum absolute atomic E-state index is 10.3. The van der Waals surface area contributed by atoms with Gasteiger partial charge < -0.3 is 6.42 Å². The predicted molar refractivity (Wildman–Crippen MR) is 377 cm³/mol. The number of non-ortho nitro benzene ring substituents is 1. The molecule has 0 amide bonds. The Hall–Kier alpha value is 2.05. The van der Waals surface area contributed by atoms with Crippen LogP contribution in [-0.2, 0) is 0 Å².